The standard InChI is InChI=1S/C19H28N2O.ClH/c22-19(15-17-6-10-20-11-7-17)21-12-8-18(9-13-21)14-16-4-2-1-3-5-16;/h1-5,17-18,20H,6-15H2;1H. The molecule has 1 aromatic carbocycles. The van der Waals surface area contributed by atoms with E-state index in [9.17, 15) is 4.79 Å². The smallest absolute Gasteiger partial charge is 0.222 e. The van der Waals surface area contributed by atoms with Gasteiger partial charge in [0.2, 0.25) is 5.91 Å². The van der Waals surface area contributed by atoms with Crippen molar-refractivity contribution in [3.05, 3.63) is 35.9 Å². The number of likely N-dealkylation sites (tertiary alicyclic amines) is 1. The van der Waals surface area contributed by atoms with Gasteiger partial charge in [-0.05, 0) is 62.6 Å². The van der Waals surface area contributed by atoms with Gasteiger partial charge in [0.15, 0.2) is 0 Å². The van der Waals surface area contributed by atoms with Crippen LogP contribution in [-0.2, 0) is 11.2 Å². The van der Waals surface area contributed by atoms with Crippen LogP contribution in [-0.4, -0.2) is 37.0 Å². The number of nitrogens with zero attached hydrogens (tertiary/aromatic N) is 1. The molecule has 2 saturated heterocycles. The Labute approximate surface area is 146 Å². The molecule has 0 bridgehead atoms. The maximum atomic E-state index is 12.4. The summed E-state index contributed by atoms with van der Waals surface area (Å²) in [6, 6.07) is 10.7. The van der Waals surface area contributed by atoms with E-state index in [0.29, 0.717) is 11.8 Å². The Morgan fingerprint density at radius 1 is 1.00 bits per heavy atom. The van der Waals surface area contributed by atoms with Crippen molar-refractivity contribution in [1.29, 1.82) is 0 Å². The second-order valence-corrected chi connectivity index (χ2v) is 6.91. The highest BCUT2D eigenvalue weighted by atomic mass is 35.5. The number of nitrogens with one attached hydrogen (secondary N) is 1. The Hall–Kier alpha value is -1.06. The summed E-state index contributed by atoms with van der Waals surface area (Å²) in [6.45, 7) is 4.08. The molecule has 2 aliphatic heterocycles. The zero-order valence-electron chi connectivity index (χ0n) is 13.9. The first kappa shape index (κ1) is 18.3. The van der Waals surface area contributed by atoms with Gasteiger partial charge < -0.3 is 10.2 Å². The van der Waals surface area contributed by atoms with Gasteiger partial charge in [-0.1, -0.05) is 30.3 Å². The van der Waals surface area contributed by atoms with Crippen LogP contribution in [0.3, 0.4) is 0 Å². The Balaban J connectivity index is 0.00000192. The average Bonchev–Trinajstić information content (AvgIpc) is 2.57. The number of carbonyl (C=O) groups is 1. The van der Waals surface area contributed by atoms with Crippen molar-refractivity contribution in [2.75, 3.05) is 26.2 Å². The van der Waals surface area contributed by atoms with Gasteiger partial charge in [-0.3, -0.25) is 4.79 Å². The Bertz CT molecular complexity index is 466. The highest BCUT2D eigenvalue weighted by Gasteiger charge is 2.25. The van der Waals surface area contributed by atoms with Gasteiger partial charge in [0.25, 0.3) is 0 Å². The first-order chi connectivity index (χ1) is 10.8. The van der Waals surface area contributed by atoms with Crippen molar-refractivity contribution in [3.63, 3.8) is 0 Å². The number of benzene rings is 1. The van der Waals surface area contributed by atoms with Gasteiger partial charge in [-0.2, -0.15) is 0 Å². The van der Waals surface area contributed by atoms with Crippen LogP contribution in [0.5, 0.6) is 0 Å². The van der Waals surface area contributed by atoms with Crippen LogP contribution in [0.2, 0.25) is 0 Å². The predicted octanol–water partition coefficient (Wildman–Crippen LogP) is 3.28. The predicted molar refractivity (Wildman–Crippen MR) is 96.9 cm³/mol. The first-order valence-corrected chi connectivity index (χ1v) is 8.83. The second kappa shape index (κ2) is 9.29. The molecule has 2 heterocycles. The number of piperidine rings is 2. The van der Waals surface area contributed by atoms with Gasteiger partial charge in [0.05, 0.1) is 0 Å². The molecule has 1 N–H and O–H groups in total. The van der Waals surface area contributed by atoms with Crippen molar-refractivity contribution in [1.82, 2.24) is 10.2 Å². The summed E-state index contributed by atoms with van der Waals surface area (Å²) in [4.78, 5) is 14.6. The van der Waals surface area contributed by atoms with Gasteiger partial charge in [-0.25, -0.2) is 0 Å². The summed E-state index contributed by atoms with van der Waals surface area (Å²) in [7, 11) is 0. The lowest BCUT2D eigenvalue weighted by atomic mass is 9.89. The maximum Gasteiger partial charge on any atom is 0.222 e. The molecule has 0 aromatic heterocycles. The van der Waals surface area contributed by atoms with Crippen LogP contribution in [0, 0.1) is 11.8 Å². The molecule has 2 fully saturated rings. The normalized spacial score (nSPS) is 20.1. The molecule has 23 heavy (non-hydrogen) atoms. The fourth-order valence-electron chi connectivity index (χ4n) is 3.80. The Morgan fingerprint density at radius 2 is 1.65 bits per heavy atom. The number of hydrogen-bond donors (Lipinski definition) is 1. The minimum absolute atomic E-state index is 0. The molecule has 4 heteroatoms. The van der Waals surface area contributed by atoms with E-state index in [-0.39, 0.29) is 12.4 Å². The van der Waals surface area contributed by atoms with Crippen LogP contribution in [0.25, 0.3) is 0 Å². The van der Waals surface area contributed by atoms with Crippen molar-refractivity contribution in [2.24, 2.45) is 11.8 Å². The second-order valence-electron chi connectivity index (χ2n) is 6.91. The number of halogens is 1. The first-order valence-electron chi connectivity index (χ1n) is 8.83. The summed E-state index contributed by atoms with van der Waals surface area (Å²) in [5.74, 6) is 1.74. The van der Waals surface area contributed by atoms with E-state index < -0.39 is 0 Å². The molecule has 0 radical (unpaired) electrons. The molecular formula is C19H29ClN2O. The van der Waals surface area contributed by atoms with E-state index >= 15 is 0 Å². The van der Waals surface area contributed by atoms with E-state index in [0.717, 1.165) is 70.6 Å². The van der Waals surface area contributed by atoms with Gasteiger partial charge in [0.1, 0.15) is 0 Å². The van der Waals surface area contributed by atoms with Crippen LogP contribution in [0.1, 0.15) is 37.7 Å². The minimum Gasteiger partial charge on any atom is -0.343 e. The molecule has 0 atom stereocenters. The molecule has 0 spiro atoms. The largest absolute Gasteiger partial charge is 0.343 e. The van der Waals surface area contributed by atoms with Crippen molar-refractivity contribution in [2.45, 2.75) is 38.5 Å². The zero-order valence-corrected chi connectivity index (χ0v) is 14.7. The fraction of sp³-hybridized carbons (Fsp3) is 0.632. The number of hydrogen-bond acceptors (Lipinski definition) is 2. The molecule has 2 aliphatic rings. The quantitative estimate of drug-likeness (QED) is 0.915. The SMILES string of the molecule is Cl.O=C(CC1CCNCC1)N1CCC(Cc2ccccc2)CC1. The minimum atomic E-state index is 0. The molecule has 3 nitrogen and oxygen atoms in total. The third-order valence-corrected chi connectivity index (χ3v) is 5.26. The van der Waals surface area contributed by atoms with Crippen molar-refractivity contribution in [3.8, 4) is 0 Å². The van der Waals surface area contributed by atoms with E-state index in [1.165, 1.54) is 5.56 Å². The number of carbonyl (C=O) groups excluding carboxylic acids is 1. The Morgan fingerprint density at radius 3 is 2.30 bits per heavy atom. The number of amides is 1. The molecule has 0 aliphatic carbocycles. The van der Waals surface area contributed by atoms with E-state index in [1.54, 1.807) is 0 Å². The lowest BCUT2D eigenvalue weighted by Crippen LogP contribution is -2.40. The average molecular weight is 337 g/mol. The molecule has 128 valence electrons. The fourth-order valence-corrected chi connectivity index (χ4v) is 3.80. The highest BCUT2D eigenvalue weighted by molar-refractivity contribution is 5.85. The summed E-state index contributed by atoms with van der Waals surface area (Å²) in [5, 5.41) is 3.37. The van der Waals surface area contributed by atoms with Gasteiger partial charge in [0, 0.05) is 19.5 Å². The molecule has 3 rings (SSSR count). The lowest BCUT2D eigenvalue weighted by molar-refractivity contribution is -0.133. The van der Waals surface area contributed by atoms with E-state index in [4.69, 9.17) is 0 Å². The summed E-state index contributed by atoms with van der Waals surface area (Å²) in [5.41, 5.74) is 1.43. The lowest BCUT2D eigenvalue weighted by Gasteiger charge is -2.33. The molecule has 0 saturated carbocycles. The molecule has 1 aromatic rings. The third kappa shape index (κ3) is 5.50. The van der Waals surface area contributed by atoms with Gasteiger partial charge in [-0.15, -0.1) is 12.4 Å². The summed E-state index contributed by atoms with van der Waals surface area (Å²) < 4.78 is 0. The topological polar surface area (TPSA) is 32.3 Å². The number of rotatable bonds is 4. The highest BCUT2D eigenvalue weighted by Crippen LogP contribution is 2.24. The Kier molecular flexibility index (Phi) is 7.38. The summed E-state index contributed by atoms with van der Waals surface area (Å²) >= 11 is 0. The van der Waals surface area contributed by atoms with E-state index in [1.807, 2.05) is 0 Å². The van der Waals surface area contributed by atoms with E-state index in [2.05, 4.69) is 40.5 Å². The van der Waals surface area contributed by atoms with Crippen LogP contribution in [0.4, 0.5) is 0 Å². The van der Waals surface area contributed by atoms with Gasteiger partial charge >= 0.3 is 0 Å². The van der Waals surface area contributed by atoms with Crippen molar-refractivity contribution < 1.29 is 4.79 Å². The molecule has 0 unspecified atom stereocenters. The molecule has 1 amide bonds. The van der Waals surface area contributed by atoms with Crippen LogP contribution < -0.4 is 5.32 Å². The zero-order chi connectivity index (χ0) is 15.2. The van der Waals surface area contributed by atoms with Crippen molar-refractivity contribution >= 4 is 18.3 Å². The third-order valence-electron chi connectivity index (χ3n) is 5.26. The maximum absolute atomic E-state index is 12.4. The van der Waals surface area contributed by atoms with Crippen LogP contribution >= 0.6 is 12.4 Å². The summed E-state index contributed by atoms with van der Waals surface area (Å²) in [6.07, 6.45) is 6.58. The molecular weight excluding hydrogens is 308 g/mol. The van der Waals surface area contributed by atoms with Crippen LogP contribution in [0.15, 0.2) is 30.3 Å². The monoisotopic (exact) mass is 336 g/mol.